The molecule has 10 rings (SSSR count). The second kappa shape index (κ2) is 39.6. The highest BCUT2D eigenvalue weighted by atomic mass is 16.6. The number of amides is 6. The Morgan fingerprint density at radius 2 is 0.750 bits per heavy atom. The van der Waals surface area contributed by atoms with Crippen LogP contribution in [0.5, 0.6) is 0 Å². The van der Waals surface area contributed by atoms with Crippen LogP contribution in [-0.4, -0.2) is 211 Å². The summed E-state index contributed by atoms with van der Waals surface area (Å²) in [5.74, 6) is -0.192. The fourth-order valence-corrected chi connectivity index (χ4v) is 14.4. The van der Waals surface area contributed by atoms with E-state index in [9.17, 15) is 33.6 Å². The molecule has 6 amide bonds. The van der Waals surface area contributed by atoms with Gasteiger partial charge in [0, 0.05) is 153 Å². The molecule has 5 heterocycles. The van der Waals surface area contributed by atoms with Crippen molar-refractivity contribution < 1.29 is 43.4 Å². The Kier molecular flexibility index (Phi) is 31.4. The largest absolute Gasteiger partial charge is 0.478 e. The van der Waals surface area contributed by atoms with Crippen LogP contribution in [0.4, 0.5) is 16.2 Å². The molecule has 19 nitrogen and oxygen atoms in total. The van der Waals surface area contributed by atoms with Gasteiger partial charge in [0.25, 0.3) is 11.8 Å². The second-order valence-electron chi connectivity index (χ2n) is 35.1. The predicted octanol–water partition coefficient (Wildman–Crippen LogP) is 14.5. The van der Waals surface area contributed by atoms with E-state index in [1.165, 1.54) is 24.8 Å². The van der Waals surface area contributed by atoms with Crippen molar-refractivity contribution in [2.75, 3.05) is 134 Å². The van der Waals surface area contributed by atoms with Crippen LogP contribution in [0.3, 0.4) is 0 Å². The van der Waals surface area contributed by atoms with E-state index in [4.69, 9.17) is 9.84 Å². The maximum absolute atomic E-state index is 13.8. The van der Waals surface area contributed by atoms with Crippen LogP contribution in [0.2, 0.25) is 0 Å². The maximum Gasteiger partial charge on any atom is 0.410 e. The zero-order chi connectivity index (χ0) is 78.5. The van der Waals surface area contributed by atoms with Gasteiger partial charge in [-0.25, -0.2) is 9.59 Å². The number of carboxylic acid groups (broad SMARTS) is 1. The summed E-state index contributed by atoms with van der Waals surface area (Å²) in [6.45, 7) is 49.5. The van der Waals surface area contributed by atoms with E-state index in [-0.39, 0.29) is 35.6 Å². The molecule has 5 aromatic rings. The Balaban J connectivity index is 0.000000210. The normalized spacial score (nSPS) is 16.4. The molecular weight excluding hydrogens is 1350 g/mol. The van der Waals surface area contributed by atoms with Gasteiger partial charge in [0.2, 0.25) is 17.7 Å². The highest BCUT2D eigenvalue weighted by Crippen LogP contribution is 2.31. The Morgan fingerprint density at radius 3 is 1.12 bits per heavy atom. The minimum Gasteiger partial charge on any atom is -0.478 e. The van der Waals surface area contributed by atoms with Crippen molar-refractivity contribution in [3.05, 3.63) is 164 Å². The third-order valence-electron chi connectivity index (χ3n) is 21.5. The SMILES string of the molecule is Cc1cc(C(=O)N2CCN(C(=O)OC(C)(C)C)Cc3ccccc32)ccc1CCCC(=O)N1CCN(CCC(C)(C)C)CC1.Cc1cc(C(=O)N2CCNCc3ccccc32)ccc1CCCC(=O)N1CCN(CCC(C)(C)C)CC1.Cc1cc(C(=O)O)ccc1CCCC(=O)N1CCN(CCC(C)(C)C)CC1. The average molecular weight is 1480 g/mol. The van der Waals surface area contributed by atoms with E-state index < -0.39 is 11.6 Å². The van der Waals surface area contributed by atoms with Crippen molar-refractivity contribution >= 4 is 53.0 Å². The number of nitrogens with zero attached hydrogens (tertiary/aromatic N) is 9. The van der Waals surface area contributed by atoms with Gasteiger partial charge in [-0.3, -0.25) is 38.7 Å². The lowest BCUT2D eigenvalue weighted by Crippen LogP contribution is -2.49. The van der Waals surface area contributed by atoms with Crippen molar-refractivity contribution in [1.29, 1.82) is 0 Å². The summed E-state index contributed by atoms with van der Waals surface area (Å²) in [7, 11) is 0. The molecule has 0 spiro atoms. The number of aromatic carboxylic acids is 1. The Morgan fingerprint density at radius 1 is 0.407 bits per heavy atom. The summed E-state index contributed by atoms with van der Waals surface area (Å²) in [4.78, 5) is 108. The Bertz CT molecular complexity index is 3820. The number of aryl methyl sites for hydroxylation is 6. The molecule has 0 aromatic heterocycles. The molecule has 5 aliphatic heterocycles. The first kappa shape index (κ1) is 85.6. The maximum atomic E-state index is 13.8. The number of anilines is 2. The quantitative estimate of drug-likeness (QED) is 0.0706. The van der Waals surface area contributed by atoms with E-state index >= 15 is 0 Å². The van der Waals surface area contributed by atoms with Gasteiger partial charge in [0.15, 0.2) is 0 Å². The number of nitrogens with one attached hydrogen (secondary N) is 1. The van der Waals surface area contributed by atoms with E-state index in [1.807, 2.05) is 133 Å². The van der Waals surface area contributed by atoms with Gasteiger partial charge in [0.1, 0.15) is 5.60 Å². The second-order valence-corrected chi connectivity index (χ2v) is 35.1. The van der Waals surface area contributed by atoms with Crippen molar-refractivity contribution in [3.63, 3.8) is 0 Å². The lowest BCUT2D eigenvalue weighted by Gasteiger charge is -2.36. The molecule has 3 saturated heterocycles. The number of carbonyl (C=O) groups is 7. The molecule has 0 aliphatic carbocycles. The number of benzene rings is 5. The Hall–Kier alpha value is -7.97. The van der Waals surface area contributed by atoms with Gasteiger partial charge in [-0.15, -0.1) is 0 Å². The first-order valence-corrected chi connectivity index (χ1v) is 40.1. The van der Waals surface area contributed by atoms with Gasteiger partial charge in [0.05, 0.1) is 12.1 Å². The van der Waals surface area contributed by atoms with Crippen LogP contribution in [0, 0.1) is 37.0 Å². The average Bonchev–Trinajstić information content (AvgIpc) is 1.46. The molecule has 0 radical (unpaired) electrons. The number of carbonyl (C=O) groups excluding carboxylic acids is 6. The van der Waals surface area contributed by atoms with Crippen molar-refractivity contribution in [1.82, 2.24) is 39.6 Å². The molecule has 2 N–H and O–H groups in total. The summed E-state index contributed by atoms with van der Waals surface area (Å²) in [5, 5.41) is 12.4. The topological polar surface area (TPSA) is 190 Å². The predicted molar refractivity (Wildman–Crippen MR) is 435 cm³/mol. The zero-order valence-electron chi connectivity index (χ0n) is 68.4. The lowest BCUT2D eigenvalue weighted by atomic mass is 9.92. The lowest BCUT2D eigenvalue weighted by molar-refractivity contribution is -0.133. The van der Waals surface area contributed by atoms with Crippen molar-refractivity contribution in [2.24, 2.45) is 16.2 Å². The fourth-order valence-electron chi connectivity index (χ4n) is 14.4. The number of hydrogen-bond donors (Lipinski definition) is 2. The number of hydrogen-bond acceptors (Lipinski definition) is 12. The molecule has 108 heavy (non-hydrogen) atoms. The number of rotatable bonds is 21. The zero-order valence-corrected chi connectivity index (χ0v) is 68.4. The van der Waals surface area contributed by atoms with Crippen LogP contribution < -0.4 is 15.1 Å². The molecule has 3 fully saturated rings. The molecule has 0 bridgehead atoms. The van der Waals surface area contributed by atoms with E-state index in [2.05, 4.69) is 101 Å². The smallest absolute Gasteiger partial charge is 0.410 e. The molecule has 19 heteroatoms. The minimum absolute atomic E-state index is 0.0441. The van der Waals surface area contributed by atoms with Crippen molar-refractivity contribution in [3.8, 4) is 0 Å². The minimum atomic E-state index is -0.901. The summed E-state index contributed by atoms with van der Waals surface area (Å²) in [6.07, 6.45) is 9.74. The van der Waals surface area contributed by atoms with Gasteiger partial charge in [-0.05, 0) is 228 Å². The van der Waals surface area contributed by atoms with Crippen LogP contribution >= 0.6 is 0 Å². The van der Waals surface area contributed by atoms with Gasteiger partial charge in [-0.1, -0.05) is 117 Å². The summed E-state index contributed by atoms with van der Waals surface area (Å²) in [5.41, 5.74) is 12.6. The van der Waals surface area contributed by atoms with Crippen LogP contribution in [-0.2, 0) is 51.5 Å². The summed E-state index contributed by atoms with van der Waals surface area (Å²) < 4.78 is 5.62. The monoisotopic (exact) mass is 1480 g/mol. The number of ether oxygens (including phenoxy) is 1. The van der Waals surface area contributed by atoms with E-state index in [1.54, 1.807) is 21.9 Å². The molecule has 5 aliphatic rings. The number of fused-ring (bicyclic) bond motifs is 2. The van der Waals surface area contributed by atoms with Crippen LogP contribution in [0.1, 0.15) is 216 Å². The molecule has 0 unspecified atom stereocenters. The molecule has 590 valence electrons. The first-order valence-electron chi connectivity index (χ1n) is 40.1. The summed E-state index contributed by atoms with van der Waals surface area (Å²) >= 11 is 0. The highest BCUT2D eigenvalue weighted by Gasteiger charge is 2.32. The molecule has 0 atom stereocenters. The van der Waals surface area contributed by atoms with Crippen LogP contribution in [0.15, 0.2) is 103 Å². The molecule has 5 aromatic carbocycles. The molecular formula is C89H130N10O9. The standard InChI is InChI=1S/C36H52N4O4.C31H44N4O2.C22H34N2O3/c1-27-25-29(16-15-28(27)12-10-14-32(41)38-21-19-37(20-22-38)18-17-35(2,3)4)33(42)40-24-23-39(34(43)44-36(5,6)7)26-30-11-8-9-13-31(30)40;1-24-22-26(30(37)35-17-15-32-23-27-8-5-6-10-28(27)35)13-12-25(24)9-7-11-29(36)34-20-18-33(19-21-34)16-14-31(2,3)4;1-17-16-19(21(26)27)9-8-18(17)6-5-7-20(25)24-14-12-23(13-15-24)11-10-22(2,3)4/h8-9,11,13,15-16,25H,10,12,14,17-24,26H2,1-7H3;5-6,8,10,12-13,22,32H,7,9,11,14-21,23H2,1-4H3;8-9,16H,5-7,10-15H2,1-4H3,(H,26,27). The fraction of sp³-hybridized carbons (Fsp3) is 0.584. The number of para-hydroxylation sites is 2. The highest BCUT2D eigenvalue weighted by molar-refractivity contribution is 6.07. The third-order valence-corrected chi connectivity index (χ3v) is 21.5. The van der Waals surface area contributed by atoms with E-state index in [0.29, 0.717) is 72.8 Å². The Labute approximate surface area is 647 Å². The van der Waals surface area contributed by atoms with Gasteiger partial charge < -0.3 is 44.6 Å². The van der Waals surface area contributed by atoms with E-state index in [0.717, 1.165) is 206 Å². The van der Waals surface area contributed by atoms with Crippen LogP contribution in [0.25, 0.3) is 0 Å². The molecule has 0 saturated carbocycles. The summed E-state index contributed by atoms with van der Waals surface area (Å²) in [6, 6.07) is 33.0. The number of piperazine rings is 3. The van der Waals surface area contributed by atoms with Gasteiger partial charge in [-0.2, -0.15) is 0 Å². The third kappa shape index (κ3) is 27.3. The number of carboxylic acids is 1. The van der Waals surface area contributed by atoms with Gasteiger partial charge >= 0.3 is 12.1 Å². The van der Waals surface area contributed by atoms with Crippen molar-refractivity contribution in [2.45, 2.75) is 200 Å². The first-order chi connectivity index (χ1) is 51.1.